The van der Waals surface area contributed by atoms with Gasteiger partial charge in [-0.05, 0) is 18.2 Å². The molecule has 0 amide bonds. The summed E-state index contributed by atoms with van der Waals surface area (Å²) in [4.78, 5) is 15.1. The number of Topliss-reactive ketones (excluding diaryl/α,β-unsaturated/α-hetero) is 1. The summed E-state index contributed by atoms with van der Waals surface area (Å²) in [5, 5.41) is 0. The lowest BCUT2D eigenvalue weighted by molar-refractivity contribution is 0.0998. The van der Waals surface area contributed by atoms with Crippen LogP contribution in [0, 0.1) is 5.82 Å². The van der Waals surface area contributed by atoms with E-state index < -0.39 is 5.82 Å². The van der Waals surface area contributed by atoms with E-state index in [1.165, 1.54) is 18.3 Å². The van der Waals surface area contributed by atoms with Crippen molar-refractivity contribution in [2.24, 2.45) is 4.99 Å². The minimum Gasteiger partial charge on any atom is -0.300 e. The smallest absolute Gasteiger partial charge is 0.171 e. The summed E-state index contributed by atoms with van der Waals surface area (Å²) in [5.41, 5.74) is 0.105. The second kappa shape index (κ2) is 5.00. The molecule has 1 aromatic carbocycles. The number of hydrogen-bond acceptors (Lipinski definition) is 2. The molecule has 0 saturated carbocycles. The minimum absolute atomic E-state index is 0.105. The molecular weight excluding hydrogens is 249 g/mol. The summed E-state index contributed by atoms with van der Waals surface area (Å²) in [5.74, 6) is -0.769. The van der Waals surface area contributed by atoms with Gasteiger partial charge in [0.2, 0.25) is 0 Å². The van der Waals surface area contributed by atoms with Crippen molar-refractivity contribution in [3.63, 3.8) is 0 Å². The SMILES string of the molecule is CN=CCC(=O)c1ccc(Br)cc1F. The van der Waals surface area contributed by atoms with Crippen LogP contribution in [0.1, 0.15) is 16.8 Å². The molecule has 0 bridgehead atoms. The molecule has 4 heteroatoms. The molecule has 0 N–H and O–H groups in total. The van der Waals surface area contributed by atoms with Gasteiger partial charge in [0.15, 0.2) is 5.78 Å². The highest BCUT2D eigenvalue weighted by Crippen LogP contribution is 2.16. The van der Waals surface area contributed by atoms with Crippen LogP contribution in [0.5, 0.6) is 0 Å². The number of carbonyl (C=O) groups is 1. The van der Waals surface area contributed by atoms with Crippen LogP contribution in [0.4, 0.5) is 4.39 Å². The molecule has 2 nitrogen and oxygen atoms in total. The first-order valence-electron chi connectivity index (χ1n) is 4.04. The molecule has 0 aliphatic carbocycles. The molecule has 1 rings (SSSR count). The van der Waals surface area contributed by atoms with Crippen molar-refractivity contribution in [2.75, 3.05) is 7.05 Å². The minimum atomic E-state index is -0.506. The second-order valence-electron chi connectivity index (χ2n) is 2.69. The van der Waals surface area contributed by atoms with E-state index in [4.69, 9.17) is 0 Å². The van der Waals surface area contributed by atoms with E-state index in [-0.39, 0.29) is 17.8 Å². The van der Waals surface area contributed by atoms with Gasteiger partial charge in [0.1, 0.15) is 5.82 Å². The largest absolute Gasteiger partial charge is 0.300 e. The van der Waals surface area contributed by atoms with Gasteiger partial charge in [0, 0.05) is 24.2 Å². The molecule has 0 aliphatic rings. The summed E-state index contributed by atoms with van der Waals surface area (Å²) in [7, 11) is 1.57. The lowest BCUT2D eigenvalue weighted by Gasteiger charge is -1.99. The number of ketones is 1. The molecule has 74 valence electrons. The predicted octanol–water partition coefficient (Wildman–Crippen LogP) is 2.86. The molecule has 0 aliphatic heterocycles. The molecule has 0 radical (unpaired) electrons. The summed E-state index contributed by atoms with van der Waals surface area (Å²) in [6, 6.07) is 4.38. The fourth-order valence-electron chi connectivity index (χ4n) is 1.000. The Hall–Kier alpha value is -1.03. The monoisotopic (exact) mass is 257 g/mol. The van der Waals surface area contributed by atoms with Crippen LogP contribution in [0.2, 0.25) is 0 Å². The van der Waals surface area contributed by atoms with Crippen molar-refractivity contribution in [3.05, 3.63) is 34.1 Å². The Morgan fingerprint density at radius 1 is 1.64 bits per heavy atom. The van der Waals surface area contributed by atoms with Gasteiger partial charge in [-0.3, -0.25) is 4.79 Å². The lowest BCUT2D eigenvalue weighted by Crippen LogP contribution is -2.02. The highest BCUT2D eigenvalue weighted by molar-refractivity contribution is 9.10. The molecule has 0 atom stereocenters. The molecule has 14 heavy (non-hydrogen) atoms. The van der Waals surface area contributed by atoms with Gasteiger partial charge in [-0.15, -0.1) is 0 Å². The second-order valence-corrected chi connectivity index (χ2v) is 3.61. The molecule has 0 heterocycles. The van der Waals surface area contributed by atoms with E-state index in [0.717, 1.165) is 0 Å². The van der Waals surface area contributed by atoms with Gasteiger partial charge in [0.25, 0.3) is 0 Å². The Morgan fingerprint density at radius 2 is 2.36 bits per heavy atom. The lowest BCUT2D eigenvalue weighted by atomic mass is 10.1. The third-order valence-electron chi connectivity index (χ3n) is 1.69. The van der Waals surface area contributed by atoms with Crippen molar-refractivity contribution < 1.29 is 9.18 Å². The van der Waals surface area contributed by atoms with E-state index >= 15 is 0 Å². The molecule has 0 spiro atoms. The van der Waals surface area contributed by atoms with E-state index in [1.54, 1.807) is 13.1 Å². The van der Waals surface area contributed by atoms with Crippen LogP contribution in [0.3, 0.4) is 0 Å². The van der Waals surface area contributed by atoms with Gasteiger partial charge in [-0.1, -0.05) is 15.9 Å². The zero-order chi connectivity index (χ0) is 10.6. The molecule has 0 saturated heterocycles. The van der Waals surface area contributed by atoms with Gasteiger partial charge in [-0.25, -0.2) is 4.39 Å². The van der Waals surface area contributed by atoms with Crippen LogP contribution in [0.25, 0.3) is 0 Å². The molecule has 0 fully saturated rings. The number of benzene rings is 1. The zero-order valence-electron chi connectivity index (χ0n) is 7.63. The van der Waals surface area contributed by atoms with Gasteiger partial charge in [-0.2, -0.15) is 0 Å². The summed E-state index contributed by atoms with van der Waals surface area (Å²) < 4.78 is 13.9. The number of aliphatic imine (C=N–C) groups is 1. The Bertz CT molecular complexity index is 376. The zero-order valence-corrected chi connectivity index (χ0v) is 9.21. The molecule has 0 unspecified atom stereocenters. The maximum absolute atomic E-state index is 13.2. The normalized spacial score (nSPS) is 10.8. The van der Waals surface area contributed by atoms with Gasteiger partial charge < -0.3 is 4.99 Å². The van der Waals surface area contributed by atoms with Crippen molar-refractivity contribution >= 4 is 27.9 Å². The van der Waals surface area contributed by atoms with Crippen LogP contribution in [-0.2, 0) is 0 Å². The number of halogens is 2. The average Bonchev–Trinajstić information content (AvgIpc) is 2.14. The number of hydrogen-bond donors (Lipinski definition) is 0. The van der Waals surface area contributed by atoms with E-state index in [2.05, 4.69) is 20.9 Å². The fraction of sp³-hybridized carbons (Fsp3) is 0.200. The van der Waals surface area contributed by atoms with Crippen molar-refractivity contribution in [2.45, 2.75) is 6.42 Å². The highest BCUT2D eigenvalue weighted by atomic mass is 79.9. The Labute approximate surface area is 90.0 Å². The predicted molar refractivity (Wildman–Crippen MR) is 57.5 cm³/mol. The summed E-state index contributed by atoms with van der Waals surface area (Å²) >= 11 is 3.12. The third kappa shape index (κ3) is 2.73. The maximum Gasteiger partial charge on any atom is 0.171 e. The average molecular weight is 258 g/mol. The third-order valence-corrected chi connectivity index (χ3v) is 2.18. The summed E-state index contributed by atoms with van der Waals surface area (Å²) in [6.45, 7) is 0. The van der Waals surface area contributed by atoms with Crippen molar-refractivity contribution in [1.82, 2.24) is 0 Å². The maximum atomic E-state index is 13.2. The molecular formula is C10H9BrFNO. The summed E-state index contributed by atoms with van der Waals surface area (Å²) in [6.07, 6.45) is 1.60. The standard InChI is InChI=1S/C10H9BrFNO/c1-13-5-4-10(14)8-3-2-7(11)6-9(8)12/h2-3,5-6H,4H2,1H3. The van der Waals surface area contributed by atoms with Crippen molar-refractivity contribution in [1.29, 1.82) is 0 Å². The number of nitrogens with zero attached hydrogens (tertiary/aromatic N) is 1. The Balaban J connectivity index is 2.90. The fourth-order valence-corrected chi connectivity index (χ4v) is 1.33. The van der Waals surface area contributed by atoms with Crippen LogP contribution in [0.15, 0.2) is 27.7 Å². The quantitative estimate of drug-likeness (QED) is 0.605. The van der Waals surface area contributed by atoms with Crippen LogP contribution >= 0.6 is 15.9 Å². The topological polar surface area (TPSA) is 29.4 Å². The molecule has 0 aromatic heterocycles. The molecule has 1 aromatic rings. The Morgan fingerprint density at radius 3 is 2.93 bits per heavy atom. The van der Waals surface area contributed by atoms with E-state index in [0.29, 0.717) is 4.47 Å². The number of carbonyl (C=O) groups excluding carboxylic acids is 1. The first-order valence-corrected chi connectivity index (χ1v) is 4.83. The van der Waals surface area contributed by atoms with E-state index in [1.807, 2.05) is 0 Å². The first kappa shape index (κ1) is 11.0. The van der Waals surface area contributed by atoms with Gasteiger partial charge >= 0.3 is 0 Å². The highest BCUT2D eigenvalue weighted by Gasteiger charge is 2.10. The number of rotatable bonds is 3. The Kier molecular flexibility index (Phi) is 3.95. The van der Waals surface area contributed by atoms with Crippen molar-refractivity contribution in [3.8, 4) is 0 Å². The van der Waals surface area contributed by atoms with Crippen LogP contribution in [-0.4, -0.2) is 19.0 Å². The van der Waals surface area contributed by atoms with Gasteiger partial charge in [0.05, 0.1) is 5.56 Å². The van der Waals surface area contributed by atoms with Crippen LogP contribution < -0.4 is 0 Å². The first-order chi connectivity index (χ1) is 6.65. The van der Waals surface area contributed by atoms with E-state index in [9.17, 15) is 9.18 Å².